The SMILES string of the molecule is CCCCCCCCC(=O)OC(CCC)CCCCCC. The van der Waals surface area contributed by atoms with Gasteiger partial charge in [-0.3, -0.25) is 4.79 Å². The van der Waals surface area contributed by atoms with Gasteiger partial charge in [-0.1, -0.05) is 78.6 Å². The van der Waals surface area contributed by atoms with Crippen LogP contribution in [0.15, 0.2) is 0 Å². The lowest BCUT2D eigenvalue weighted by Gasteiger charge is -2.17. The van der Waals surface area contributed by atoms with E-state index in [1.807, 2.05) is 0 Å². The summed E-state index contributed by atoms with van der Waals surface area (Å²) in [7, 11) is 0. The molecule has 0 spiro atoms. The Balaban J connectivity index is 3.68. The number of carbonyl (C=O) groups is 1. The Labute approximate surface area is 133 Å². The molecule has 0 rings (SSSR count). The summed E-state index contributed by atoms with van der Waals surface area (Å²) in [6.07, 6.45) is 16.3. The van der Waals surface area contributed by atoms with E-state index in [1.165, 1.54) is 57.8 Å². The second kappa shape index (κ2) is 15.9. The fraction of sp³-hybridized carbons (Fsp3) is 0.947. The van der Waals surface area contributed by atoms with Crippen molar-refractivity contribution in [3.8, 4) is 0 Å². The standard InChI is InChI=1S/C19H38O2/c1-4-7-9-11-12-14-17-19(20)21-18(15-6-3)16-13-10-8-5-2/h18H,4-17H2,1-3H3. The van der Waals surface area contributed by atoms with Gasteiger partial charge in [0.2, 0.25) is 0 Å². The first-order valence-electron chi connectivity index (χ1n) is 9.44. The van der Waals surface area contributed by atoms with Crippen LogP contribution in [0.5, 0.6) is 0 Å². The van der Waals surface area contributed by atoms with Crippen LogP contribution in [-0.4, -0.2) is 12.1 Å². The molecule has 0 bridgehead atoms. The van der Waals surface area contributed by atoms with Crippen LogP contribution in [0.4, 0.5) is 0 Å². The molecule has 0 aromatic rings. The first-order valence-corrected chi connectivity index (χ1v) is 9.44. The molecular formula is C19H38O2. The maximum Gasteiger partial charge on any atom is 0.306 e. The van der Waals surface area contributed by atoms with E-state index in [0.717, 1.165) is 25.7 Å². The van der Waals surface area contributed by atoms with Gasteiger partial charge in [-0.2, -0.15) is 0 Å². The van der Waals surface area contributed by atoms with Crippen molar-refractivity contribution in [3.63, 3.8) is 0 Å². The van der Waals surface area contributed by atoms with Gasteiger partial charge in [-0.05, 0) is 25.7 Å². The zero-order chi connectivity index (χ0) is 15.8. The molecule has 0 saturated heterocycles. The number of esters is 1. The molecule has 0 amide bonds. The van der Waals surface area contributed by atoms with Crippen molar-refractivity contribution in [2.24, 2.45) is 0 Å². The summed E-state index contributed by atoms with van der Waals surface area (Å²) >= 11 is 0. The summed E-state index contributed by atoms with van der Waals surface area (Å²) in [6.45, 7) is 6.62. The lowest BCUT2D eigenvalue weighted by molar-refractivity contribution is -0.150. The van der Waals surface area contributed by atoms with E-state index >= 15 is 0 Å². The third-order valence-corrected chi connectivity index (χ3v) is 4.02. The third-order valence-electron chi connectivity index (χ3n) is 4.02. The molecule has 2 nitrogen and oxygen atoms in total. The quantitative estimate of drug-likeness (QED) is 0.257. The van der Waals surface area contributed by atoms with Gasteiger partial charge in [0, 0.05) is 6.42 Å². The smallest absolute Gasteiger partial charge is 0.306 e. The Bertz CT molecular complexity index is 226. The van der Waals surface area contributed by atoms with E-state index in [2.05, 4.69) is 20.8 Å². The van der Waals surface area contributed by atoms with Gasteiger partial charge in [-0.25, -0.2) is 0 Å². The van der Waals surface area contributed by atoms with Crippen molar-refractivity contribution < 1.29 is 9.53 Å². The van der Waals surface area contributed by atoms with E-state index in [1.54, 1.807) is 0 Å². The largest absolute Gasteiger partial charge is 0.462 e. The number of hydrogen-bond donors (Lipinski definition) is 0. The van der Waals surface area contributed by atoms with Crippen molar-refractivity contribution in [1.82, 2.24) is 0 Å². The zero-order valence-electron chi connectivity index (χ0n) is 14.8. The molecule has 1 atom stereocenters. The second-order valence-electron chi connectivity index (χ2n) is 6.27. The number of rotatable bonds is 15. The van der Waals surface area contributed by atoms with Crippen LogP contribution >= 0.6 is 0 Å². The summed E-state index contributed by atoms with van der Waals surface area (Å²) in [5.74, 6) is 0.0273. The molecule has 0 saturated carbocycles. The Morgan fingerprint density at radius 1 is 0.714 bits per heavy atom. The number of carbonyl (C=O) groups excluding carboxylic acids is 1. The lowest BCUT2D eigenvalue weighted by atomic mass is 10.1. The Hall–Kier alpha value is -0.530. The molecular weight excluding hydrogens is 260 g/mol. The molecule has 2 heteroatoms. The molecule has 0 aliphatic rings. The summed E-state index contributed by atoms with van der Waals surface area (Å²) < 4.78 is 5.66. The fourth-order valence-electron chi connectivity index (χ4n) is 2.68. The summed E-state index contributed by atoms with van der Waals surface area (Å²) in [6, 6.07) is 0. The van der Waals surface area contributed by atoms with Crippen molar-refractivity contribution in [2.75, 3.05) is 0 Å². The average Bonchev–Trinajstić information content (AvgIpc) is 2.47. The van der Waals surface area contributed by atoms with E-state index in [9.17, 15) is 4.79 Å². The molecule has 0 aliphatic heterocycles. The first kappa shape index (κ1) is 20.5. The predicted molar refractivity (Wildman–Crippen MR) is 91.5 cm³/mol. The van der Waals surface area contributed by atoms with Crippen molar-refractivity contribution in [2.45, 2.75) is 117 Å². The van der Waals surface area contributed by atoms with E-state index in [4.69, 9.17) is 4.74 Å². The topological polar surface area (TPSA) is 26.3 Å². The molecule has 0 heterocycles. The first-order chi connectivity index (χ1) is 10.2. The van der Waals surface area contributed by atoms with Gasteiger partial charge in [0.05, 0.1) is 0 Å². The predicted octanol–water partition coefficient (Wildman–Crippen LogP) is 6.42. The van der Waals surface area contributed by atoms with Crippen LogP contribution in [0.2, 0.25) is 0 Å². The second-order valence-corrected chi connectivity index (χ2v) is 6.27. The van der Waals surface area contributed by atoms with Crippen LogP contribution in [0.1, 0.15) is 111 Å². The van der Waals surface area contributed by atoms with Crippen molar-refractivity contribution >= 4 is 5.97 Å². The molecule has 0 radical (unpaired) electrons. The minimum absolute atomic E-state index is 0.0273. The maximum atomic E-state index is 11.9. The highest BCUT2D eigenvalue weighted by Crippen LogP contribution is 2.15. The molecule has 0 aromatic heterocycles. The van der Waals surface area contributed by atoms with Gasteiger partial charge in [0.1, 0.15) is 6.10 Å². The van der Waals surface area contributed by atoms with Gasteiger partial charge in [0.15, 0.2) is 0 Å². The van der Waals surface area contributed by atoms with Crippen LogP contribution in [0.25, 0.3) is 0 Å². The molecule has 126 valence electrons. The third kappa shape index (κ3) is 14.2. The Kier molecular flexibility index (Phi) is 15.5. The monoisotopic (exact) mass is 298 g/mol. The molecule has 1 unspecified atom stereocenters. The van der Waals surface area contributed by atoms with E-state index in [0.29, 0.717) is 6.42 Å². The van der Waals surface area contributed by atoms with Crippen LogP contribution in [0, 0.1) is 0 Å². The zero-order valence-corrected chi connectivity index (χ0v) is 14.8. The van der Waals surface area contributed by atoms with E-state index in [-0.39, 0.29) is 12.1 Å². The molecule has 0 N–H and O–H groups in total. The normalized spacial score (nSPS) is 12.3. The van der Waals surface area contributed by atoms with Crippen LogP contribution in [0.3, 0.4) is 0 Å². The highest BCUT2D eigenvalue weighted by molar-refractivity contribution is 5.69. The van der Waals surface area contributed by atoms with Gasteiger partial charge in [-0.15, -0.1) is 0 Å². The number of ether oxygens (including phenoxy) is 1. The van der Waals surface area contributed by atoms with Crippen molar-refractivity contribution in [3.05, 3.63) is 0 Å². The summed E-state index contributed by atoms with van der Waals surface area (Å²) in [5, 5.41) is 0. The number of hydrogen-bond acceptors (Lipinski definition) is 2. The average molecular weight is 299 g/mol. The lowest BCUT2D eigenvalue weighted by Crippen LogP contribution is -2.18. The van der Waals surface area contributed by atoms with Crippen LogP contribution in [-0.2, 0) is 9.53 Å². The van der Waals surface area contributed by atoms with E-state index < -0.39 is 0 Å². The molecule has 0 fully saturated rings. The molecule has 21 heavy (non-hydrogen) atoms. The summed E-state index contributed by atoms with van der Waals surface area (Å²) in [4.78, 5) is 11.9. The Morgan fingerprint density at radius 2 is 1.29 bits per heavy atom. The van der Waals surface area contributed by atoms with Crippen molar-refractivity contribution in [1.29, 1.82) is 0 Å². The number of unbranched alkanes of at least 4 members (excludes halogenated alkanes) is 8. The fourth-order valence-corrected chi connectivity index (χ4v) is 2.68. The highest BCUT2D eigenvalue weighted by Gasteiger charge is 2.13. The minimum Gasteiger partial charge on any atom is -0.462 e. The summed E-state index contributed by atoms with van der Waals surface area (Å²) in [5.41, 5.74) is 0. The maximum absolute atomic E-state index is 11.9. The van der Waals surface area contributed by atoms with Gasteiger partial charge in [0.25, 0.3) is 0 Å². The molecule has 0 aliphatic carbocycles. The van der Waals surface area contributed by atoms with Gasteiger partial charge < -0.3 is 4.74 Å². The minimum atomic E-state index is 0.0273. The Morgan fingerprint density at radius 3 is 1.90 bits per heavy atom. The molecule has 0 aromatic carbocycles. The van der Waals surface area contributed by atoms with Gasteiger partial charge >= 0.3 is 5.97 Å². The van der Waals surface area contributed by atoms with Crippen LogP contribution < -0.4 is 0 Å². The highest BCUT2D eigenvalue weighted by atomic mass is 16.5.